The highest BCUT2D eigenvalue weighted by molar-refractivity contribution is 7.91. The molecule has 124 valence electrons. The fraction of sp³-hybridized carbons (Fsp3) is 0.0667. The minimum absolute atomic E-state index is 0.314. The van der Waals surface area contributed by atoms with Crippen molar-refractivity contribution in [3.63, 3.8) is 0 Å². The number of sulfone groups is 1. The largest absolute Gasteiger partial charge is 0.457 e. The van der Waals surface area contributed by atoms with Crippen LogP contribution < -0.4 is 4.74 Å². The topological polar surface area (TPSA) is 82.3 Å². The van der Waals surface area contributed by atoms with Crippen molar-refractivity contribution < 1.29 is 26.4 Å². The van der Waals surface area contributed by atoms with Crippen LogP contribution in [0.15, 0.2) is 64.2 Å². The molecular formula is C15H10F2N2O4S. The van der Waals surface area contributed by atoms with E-state index in [1.54, 1.807) is 24.3 Å². The number of rotatable bonds is 5. The van der Waals surface area contributed by atoms with Crippen molar-refractivity contribution >= 4 is 9.84 Å². The maximum absolute atomic E-state index is 12.5. The Morgan fingerprint density at radius 2 is 1.54 bits per heavy atom. The van der Waals surface area contributed by atoms with E-state index in [-0.39, 0.29) is 0 Å². The first-order valence-electron chi connectivity index (χ1n) is 6.63. The molecule has 0 saturated carbocycles. The van der Waals surface area contributed by atoms with Gasteiger partial charge in [0, 0.05) is 5.56 Å². The van der Waals surface area contributed by atoms with Gasteiger partial charge in [-0.15, -0.1) is 10.2 Å². The number of hydrogen-bond donors (Lipinski definition) is 0. The summed E-state index contributed by atoms with van der Waals surface area (Å²) in [6.45, 7) is 0. The number of benzene rings is 2. The number of halogens is 2. The molecule has 3 aromatic rings. The summed E-state index contributed by atoms with van der Waals surface area (Å²) in [5, 5.41) is 7.35. The molecule has 0 aliphatic rings. The highest BCUT2D eigenvalue weighted by Gasteiger charge is 2.26. The van der Waals surface area contributed by atoms with E-state index in [9.17, 15) is 17.2 Å². The van der Waals surface area contributed by atoms with Crippen molar-refractivity contribution in [1.82, 2.24) is 10.2 Å². The molecule has 6 nitrogen and oxygen atoms in total. The molecule has 0 radical (unpaired) electrons. The van der Waals surface area contributed by atoms with E-state index in [0.29, 0.717) is 23.0 Å². The van der Waals surface area contributed by atoms with Crippen molar-refractivity contribution in [3.05, 3.63) is 54.9 Å². The Bertz CT molecular complexity index is 909. The van der Waals surface area contributed by atoms with Gasteiger partial charge in [-0.05, 0) is 48.5 Å². The number of alkyl halides is 2. The van der Waals surface area contributed by atoms with Gasteiger partial charge in [-0.1, -0.05) is 0 Å². The van der Waals surface area contributed by atoms with E-state index in [2.05, 4.69) is 10.2 Å². The van der Waals surface area contributed by atoms with E-state index in [1.165, 1.54) is 18.5 Å². The molecular weight excluding hydrogens is 342 g/mol. The third-order valence-corrected chi connectivity index (χ3v) is 4.48. The van der Waals surface area contributed by atoms with Crippen LogP contribution in [0.2, 0.25) is 0 Å². The zero-order chi connectivity index (χ0) is 17.2. The van der Waals surface area contributed by atoms with Gasteiger partial charge in [0.1, 0.15) is 11.5 Å². The molecule has 24 heavy (non-hydrogen) atoms. The Kier molecular flexibility index (Phi) is 4.26. The molecule has 0 amide bonds. The average molecular weight is 352 g/mol. The van der Waals surface area contributed by atoms with Gasteiger partial charge in [-0.25, -0.2) is 8.42 Å². The fourth-order valence-electron chi connectivity index (χ4n) is 1.90. The van der Waals surface area contributed by atoms with Crippen molar-refractivity contribution in [3.8, 4) is 23.0 Å². The number of aromatic nitrogens is 2. The lowest BCUT2D eigenvalue weighted by Gasteiger charge is -2.07. The molecule has 0 aliphatic heterocycles. The highest BCUT2D eigenvalue weighted by Crippen LogP contribution is 2.26. The van der Waals surface area contributed by atoms with Gasteiger partial charge in [0.25, 0.3) is 0 Å². The number of nitrogens with zero attached hydrogens (tertiary/aromatic N) is 2. The van der Waals surface area contributed by atoms with Gasteiger partial charge in [0.05, 0.1) is 4.90 Å². The van der Waals surface area contributed by atoms with E-state index in [0.717, 1.165) is 12.1 Å². The Hall–Kier alpha value is -2.81. The van der Waals surface area contributed by atoms with Gasteiger partial charge in [0.2, 0.25) is 22.1 Å². The normalized spacial score (nSPS) is 11.6. The Morgan fingerprint density at radius 1 is 0.958 bits per heavy atom. The van der Waals surface area contributed by atoms with Gasteiger partial charge in [0.15, 0.2) is 0 Å². The molecule has 0 fully saturated rings. The Balaban J connectivity index is 1.75. The first kappa shape index (κ1) is 16.1. The van der Waals surface area contributed by atoms with Crippen molar-refractivity contribution in [1.29, 1.82) is 0 Å². The van der Waals surface area contributed by atoms with Crippen LogP contribution in [0.25, 0.3) is 11.5 Å². The SMILES string of the molecule is O=S(=O)(c1ccc(Oc2ccc(-c3nnco3)cc2)cc1)C(F)F. The van der Waals surface area contributed by atoms with Crippen LogP contribution in [0.1, 0.15) is 0 Å². The van der Waals surface area contributed by atoms with Crippen LogP contribution in [-0.4, -0.2) is 24.4 Å². The summed E-state index contributed by atoms with van der Waals surface area (Å²) in [4.78, 5) is -0.461. The van der Waals surface area contributed by atoms with Crippen LogP contribution in [0, 0.1) is 0 Å². The van der Waals surface area contributed by atoms with Crippen LogP contribution >= 0.6 is 0 Å². The minimum atomic E-state index is -4.61. The van der Waals surface area contributed by atoms with Gasteiger partial charge < -0.3 is 9.15 Å². The summed E-state index contributed by atoms with van der Waals surface area (Å²) in [5.41, 5.74) is 0.707. The lowest BCUT2D eigenvalue weighted by molar-refractivity contribution is 0.234. The van der Waals surface area contributed by atoms with E-state index >= 15 is 0 Å². The maximum Gasteiger partial charge on any atom is 0.341 e. The second-order valence-corrected chi connectivity index (χ2v) is 6.57. The molecule has 0 unspecified atom stereocenters. The first-order valence-corrected chi connectivity index (χ1v) is 8.18. The van der Waals surface area contributed by atoms with Crippen LogP contribution in [0.5, 0.6) is 11.5 Å². The smallest absolute Gasteiger partial charge is 0.341 e. The van der Waals surface area contributed by atoms with Gasteiger partial charge in [-0.3, -0.25) is 0 Å². The second-order valence-electron chi connectivity index (χ2n) is 4.65. The first-order chi connectivity index (χ1) is 11.5. The minimum Gasteiger partial charge on any atom is -0.457 e. The van der Waals surface area contributed by atoms with Gasteiger partial charge in [-0.2, -0.15) is 8.78 Å². The molecule has 1 heterocycles. The molecule has 0 atom stereocenters. The molecule has 0 aliphatic carbocycles. The summed E-state index contributed by atoms with van der Waals surface area (Å²) in [6.07, 6.45) is 1.22. The average Bonchev–Trinajstić information content (AvgIpc) is 3.10. The van der Waals surface area contributed by atoms with Crippen LogP contribution in [0.4, 0.5) is 8.78 Å². The molecule has 0 bridgehead atoms. The van der Waals surface area contributed by atoms with Crippen molar-refractivity contribution in [2.75, 3.05) is 0 Å². The molecule has 3 rings (SSSR count). The summed E-state index contributed by atoms with van der Waals surface area (Å²) in [7, 11) is -4.61. The standard InChI is InChI=1S/C15H10F2N2O4S/c16-15(17)24(20,21)13-7-5-12(6-8-13)23-11-3-1-10(2-4-11)14-19-18-9-22-14/h1-9,15H. The summed E-state index contributed by atoms with van der Waals surface area (Å²) < 4.78 is 58.2. The van der Waals surface area contributed by atoms with Crippen LogP contribution in [-0.2, 0) is 9.84 Å². The number of ether oxygens (including phenoxy) is 1. The molecule has 9 heteroatoms. The molecule has 0 spiro atoms. The predicted octanol–water partition coefficient (Wildman–Crippen LogP) is 3.53. The van der Waals surface area contributed by atoms with Gasteiger partial charge >= 0.3 is 5.76 Å². The summed E-state index contributed by atoms with van der Waals surface area (Å²) in [5.74, 6) is -2.30. The van der Waals surface area contributed by atoms with E-state index < -0.39 is 20.5 Å². The Labute approximate surface area is 135 Å². The lowest BCUT2D eigenvalue weighted by atomic mass is 10.2. The summed E-state index contributed by atoms with van der Waals surface area (Å²) >= 11 is 0. The zero-order valence-electron chi connectivity index (χ0n) is 12.0. The molecule has 0 N–H and O–H groups in total. The van der Waals surface area contributed by atoms with E-state index in [4.69, 9.17) is 9.15 Å². The third-order valence-electron chi connectivity index (χ3n) is 3.08. The summed E-state index contributed by atoms with van der Waals surface area (Å²) in [6, 6.07) is 11.5. The predicted molar refractivity (Wildman–Crippen MR) is 79.4 cm³/mol. The van der Waals surface area contributed by atoms with Crippen molar-refractivity contribution in [2.45, 2.75) is 10.7 Å². The monoisotopic (exact) mass is 352 g/mol. The highest BCUT2D eigenvalue weighted by atomic mass is 32.2. The Morgan fingerprint density at radius 3 is 2.04 bits per heavy atom. The lowest BCUT2D eigenvalue weighted by Crippen LogP contribution is -2.11. The molecule has 2 aromatic carbocycles. The molecule has 1 aromatic heterocycles. The van der Waals surface area contributed by atoms with Crippen LogP contribution in [0.3, 0.4) is 0 Å². The third kappa shape index (κ3) is 3.25. The quantitative estimate of drug-likeness (QED) is 0.699. The number of hydrogen-bond acceptors (Lipinski definition) is 6. The maximum atomic E-state index is 12.5. The van der Waals surface area contributed by atoms with Crippen molar-refractivity contribution in [2.24, 2.45) is 0 Å². The second kappa shape index (κ2) is 6.36. The zero-order valence-corrected chi connectivity index (χ0v) is 12.8. The fourth-order valence-corrected chi connectivity index (χ4v) is 2.62. The molecule has 0 saturated heterocycles. The van der Waals surface area contributed by atoms with E-state index in [1.807, 2.05) is 0 Å².